The van der Waals surface area contributed by atoms with Crippen molar-refractivity contribution in [1.82, 2.24) is 0 Å². The highest BCUT2D eigenvalue weighted by Crippen LogP contribution is 2.49. The Morgan fingerprint density at radius 1 is 1.00 bits per heavy atom. The minimum absolute atomic E-state index is 0.242. The number of rotatable bonds is 9. The molecule has 1 atom stereocenters. The number of allylic oxidation sites excluding steroid dienone is 3. The molecule has 146 valence electrons. The number of hydrogen-bond donors (Lipinski definition) is 1. The first-order valence-corrected chi connectivity index (χ1v) is 11.6. The molecule has 2 aliphatic rings. The summed E-state index contributed by atoms with van der Waals surface area (Å²) in [7, 11) is -3.08. The van der Waals surface area contributed by atoms with Crippen molar-refractivity contribution in [1.29, 1.82) is 0 Å². The summed E-state index contributed by atoms with van der Waals surface area (Å²) >= 11 is 0. The van der Waals surface area contributed by atoms with Crippen LogP contribution in [0.25, 0.3) is 11.6 Å². The van der Waals surface area contributed by atoms with E-state index in [1.165, 1.54) is 0 Å². The zero-order valence-corrected chi connectivity index (χ0v) is 17.6. The minimum atomic E-state index is -3.08. The molecule has 0 heterocycles. The standard InChI is InChI=1S/C21H29NO4Si/c1-5-13-22-17-11-9-15-10-12-18(23)21-19(14-16(17)20(15)21)27(24-6-2,25-7-3)26-8-4/h9-12,14,19,23H,5-8,13H2,1-4H3. The first-order valence-electron chi connectivity index (χ1n) is 9.84. The van der Waals surface area contributed by atoms with Crippen LogP contribution in [-0.4, -0.2) is 46.0 Å². The molecule has 0 spiro atoms. The SMILES string of the molecule is CCCN=C1C=Cc2ccc(O)c3c2C1=CC3[Si](OCC)(OCC)OCC. The molecule has 0 radical (unpaired) electrons. The third-order valence-corrected chi connectivity index (χ3v) is 8.08. The minimum Gasteiger partial charge on any atom is -0.508 e. The van der Waals surface area contributed by atoms with E-state index in [1.807, 2.05) is 26.8 Å². The highest BCUT2D eigenvalue weighted by atomic mass is 28.4. The largest absolute Gasteiger partial charge is 0.513 e. The summed E-state index contributed by atoms with van der Waals surface area (Å²) in [5.74, 6) is 0.256. The van der Waals surface area contributed by atoms with Gasteiger partial charge in [-0.1, -0.05) is 25.1 Å². The average molecular weight is 388 g/mol. The molecule has 0 bridgehead atoms. The molecule has 1 unspecified atom stereocenters. The molecule has 0 fully saturated rings. The van der Waals surface area contributed by atoms with Crippen molar-refractivity contribution in [2.45, 2.75) is 39.7 Å². The summed E-state index contributed by atoms with van der Waals surface area (Å²) in [4.78, 5) is 4.74. The van der Waals surface area contributed by atoms with Gasteiger partial charge in [0.15, 0.2) is 0 Å². The number of aliphatic imine (C=N–C) groups is 1. The Hall–Kier alpha value is -1.73. The van der Waals surface area contributed by atoms with E-state index in [0.29, 0.717) is 19.8 Å². The van der Waals surface area contributed by atoms with E-state index in [9.17, 15) is 5.11 Å². The molecule has 0 amide bonds. The summed E-state index contributed by atoms with van der Waals surface area (Å²) in [6.45, 7) is 10.2. The van der Waals surface area contributed by atoms with Gasteiger partial charge in [-0.15, -0.1) is 0 Å². The second-order valence-corrected chi connectivity index (χ2v) is 9.22. The van der Waals surface area contributed by atoms with Crippen LogP contribution in [0, 0.1) is 0 Å². The lowest BCUT2D eigenvalue weighted by atomic mass is 9.91. The van der Waals surface area contributed by atoms with Gasteiger partial charge in [-0.05, 0) is 50.5 Å². The highest BCUT2D eigenvalue weighted by molar-refractivity contribution is 6.64. The number of aromatic hydroxyl groups is 1. The van der Waals surface area contributed by atoms with E-state index in [2.05, 4.69) is 25.2 Å². The molecule has 27 heavy (non-hydrogen) atoms. The fourth-order valence-corrected chi connectivity index (χ4v) is 6.84. The van der Waals surface area contributed by atoms with E-state index in [-0.39, 0.29) is 11.3 Å². The van der Waals surface area contributed by atoms with Crippen LogP contribution in [0.5, 0.6) is 5.75 Å². The fourth-order valence-electron chi connectivity index (χ4n) is 3.83. The van der Waals surface area contributed by atoms with Gasteiger partial charge in [0.2, 0.25) is 0 Å². The van der Waals surface area contributed by atoms with Gasteiger partial charge in [-0.3, -0.25) is 4.99 Å². The Morgan fingerprint density at radius 2 is 1.67 bits per heavy atom. The van der Waals surface area contributed by atoms with Gasteiger partial charge in [-0.25, -0.2) is 0 Å². The zero-order chi connectivity index (χ0) is 19.4. The van der Waals surface area contributed by atoms with Gasteiger partial charge in [-0.2, -0.15) is 0 Å². The van der Waals surface area contributed by atoms with Gasteiger partial charge in [0, 0.05) is 37.5 Å². The van der Waals surface area contributed by atoms with E-state index >= 15 is 0 Å². The summed E-state index contributed by atoms with van der Waals surface area (Å²) in [6, 6.07) is 3.70. The molecule has 3 rings (SSSR count). The fraction of sp³-hybridized carbons (Fsp3) is 0.476. The van der Waals surface area contributed by atoms with E-state index < -0.39 is 8.80 Å². The van der Waals surface area contributed by atoms with Crippen LogP contribution >= 0.6 is 0 Å². The number of nitrogens with zero attached hydrogens (tertiary/aromatic N) is 1. The zero-order valence-electron chi connectivity index (χ0n) is 16.6. The Bertz CT molecular complexity index is 768. The maximum absolute atomic E-state index is 10.8. The molecular formula is C21H29NO4Si. The van der Waals surface area contributed by atoms with Gasteiger partial charge < -0.3 is 18.4 Å². The lowest BCUT2D eigenvalue weighted by Gasteiger charge is -2.33. The lowest BCUT2D eigenvalue weighted by molar-refractivity contribution is 0.0660. The third-order valence-electron chi connectivity index (χ3n) is 4.79. The molecule has 6 heteroatoms. The van der Waals surface area contributed by atoms with Crippen molar-refractivity contribution in [3.05, 3.63) is 41.0 Å². The number of hydrogen-bond acceptors (Lipinski definition) is 5. The van der Waals surface area contributed by atoms with Crippen molar-refractivity contribution in [3.8, 4) is 5.75 Å². The third kappa shape index (κ3) is 3.54. The van der Waals surface area contributed by atoms with Gasteiger partial charge in [0.25, 0.3) is 0 Å². The summed E-state index contributed by atoms with van der Waals surface area (Å²) in [5, 5.41) is 10.8. The smallest absolute Gasteiger partial charge is 0.508 e. The van der Waals surface area contributed by atoms with Crippen LogP contribution in [0.4, 0.5) is 0 Å². The van der Waals surface area contributed by atoms with Gasteiger partial charge in [0.1, 0.15) is 5.75 Å². The molecule has 2 aliphatic carbocycles. The molecule has 0 saturated carbocycles. The predicted molar refractivity (Wildman–Crippen MR) is 111 cm³/mol. The average Bonchev–Trinajstić information content (AvgIpc) is 3.07. The number of benzene rings is 1. The topological polar surface area (TPSA) is 60.3 Å². The first kappa shape index (κ1) is 20.0. The molecule has 1 aromatic rings. The van der Waals surface area contributed by atoms with Crippen molar-refractivity contribution in [3.63, 3.8) is 0 Å². The number of phenolic OH excluding ortho intramolecular Hbond substituents is 1. The van der Waals surface area contributed by atoms with E-state index in [1.54, 1.807) is 6.07 Å². The lowest BCUT2D eigenvalue weighted by Crippen LogP contribution is -2.51. The van der Waals surface area contributed by atoms with Gasteiger partial charge in [0.05, 0.1) is 11.3 Å². The molecule has 1 N–H and O–H groups in total. The second-order valence-electron chi connectivity index (χ2n) is 6.52. The summed E-state index contributed by atoms with van der Waals surface area (Å²) in [6.07, 6.45) is 7.25. The predicted octanol–water partition coefficient (Wildman–Crippen LogP) is 4.34. The maximum Gasteiger partial charge on any atom is 0.513 e. The van der Waals surface area contributed by atoms with E-state index in [0.717, 1.165) is 40.9 Å². The summed E-state index contributed by atoms with van der Waals surface area (Å²) in [5.41, 5.74) is 4.72. The maximum atomic E-state index is 10.8. The van der Waals surface area contributed by atoms with Crippen LogP contribution in [0.15, 0.2) is 29.3 Å². The second kappa shape index (κ2) is 8.52. The van der Waals surface area contributed by atoms with Crippen LogP contribution in [0.2, 0.25) is 0 Å². The van der Waals surface area contributed by atoms with E-state index in [4.69, 9.17) is 18.3 Å². The Morgan fingerprint density at radius 3 is 2.26 bits per heavy atom. The van der Waals surface area contributed by atoms with Crippen LogP contribution in [-0.2, 0) is 13.3 Å². The van der Waals surface area contributed by atoms with Crippen LogP contribution in [0.1, 0.15) is 56.3 Å². The van der Waals surface area contributed by atoms with Crippen molar-refractivity contribution >= 4 is 26.2 Å². The molecule has 5 nitrogen and oxygen atoms in total. The Kier molecular flexibility index (Phi) is 6.32. The van der Waals surface area contributed by atoms with Crippen LogP contribution < -0.4 is 0 Å². The monoisotopic (exact) mass is 387 g/mol. The normalized spacial score (nSPS) is 19.5. The molecule has 1 aromatic carbocycles. The molecule has 0 aliphatic heterocycles. The molecule has 0 saturated heterocycles. The summed E-state index contributed by atoms with van der Waals surface area (Å²) < 4.78 is 18.5. The van der Waals surface area contributed by atoms with Gasteiger partial charge >= 0.3 is 8.80 Å². The number of phenols is 1. The van der Waals surface area contributed by atoms with Crippen molar-refractivity contribution < 1.29 is 18.4 Å². The first-order chi connectivity index (χ1) is 13.1. The Labute approximate surface area is 162 Å². The highest BCUT2D eigenvalue weighted by Gasteiger charge is 2.53. The molecule has 0 aromatic heterocycles. The quantitative estimate of drug-likeness (QED) is 0.641. The Balaban J connectivity index is 2.19. The van der Waals surface area contributed by atoms with Crippen LogP contribution in [0.3, 0.4) is 0 Å². The molecular weight excluding hydrogens is 358 g/mol. The van der Waals surface area contributed by atoms with Crippen molar-refractivity contribution in [2.24, 2.45) is 4.99 Å². The van der Waals surface area contributed by atoms with Crippen molar-refractivity contribution in [2.75, 3.05) is 26.4 Å².